The van der Waals surface area contributed by atoms with E-state index < -0.39 is 0 Å². The van der Waals surface area contributed by atoms with Crippen molar-refractivity contribution in [2.24, 2.45) is 5.92 Å². The van der Waals surface area contributed by atoms with E-state index in [1.54, 1.807) is 0 Å². The fourth-order valence-electron chi connectivity index (χ4n) is 2.54. The van der Waals surface area contributed by atoms with E-state index in [1.807, 2.05) is 24.3 Å². The van der Waals surface area contributed by atoms with Crippen molar-refractivity contribution in [1.29, 1.82) is 0 Å². The summed E-state index contributed by atoms with van der Waals surface area (Å²) in [6, 6.07) is 7.82. The molecule has 3 N–H and O–H groups in total. The second-order valence-electron chi connectivity index (χ2n) is 4.97. The van der Waals surface area contributed by atoms with Crippen LogP contribution >= 0.6 is 24.0 Å². The second kappa shape index (κ2) is 6.78. The standard InChI is InChI=1S/C14H17ClN2O2.ClH/c15-14-11(10-3-1-2-4-13(10)19-14)7-16-5-9-6-17-8-12(9)18;/h1-4,9,12,16-18H,5-8H2;1H. The normalized spacial score (nSPS) is 22.1. The Labute approximate surface area is 128 Å². The molecule has 4 nitrogen and oxygen atoms in total. The Morgan fingerprint density at radius 1 is 1.35 bits per heavy atom. The minimum absolute atomic E-state index is 0. The molecule has 6 heteroatoms. The number of aliphatic hydroxyl groups is 1. The quantitative estimate of drug-likeness (QED) is 0.809. The van der Waals surface area contributed by atoms with Gasteiger partial charge >= 0.3 is 0 Å². The second-order valence-corrected chi connectivity index (χ2v) is 5.31. The van der Waals surface area contributed by atoms with Gasteiger partial charge in [0.05, 0.1) is 6.10 Å². The number of para-hydroxylation sites is 1. The van der Waals surface area contributed by atoms with E-state index in [9.17, 15) is 5.11 Å². The number of β-amino-alcohol motifs (C(OH)–C–C–N with tert-alkyl or cyclic N) is 1. The molecule has 2 heterocycles. The number of halogens is 2. The average molecular weight is 317 g/mol. The van der Waals surface area contributed by atoms with E-state index in [1.165, 1.54) is 0 Å². The zero-order valence-corrected chi connectivity index (χ0v) is 12.5. The van der Waals surface area contributed by atoms with Gasteiger partial charge in [-0.3, -0.25) is 0 Å². The number of nitrogens with one attached hydrogen (secondary N) is 2. The first kappa shape index (κ1) is 15.6. The molecule has 3 rings (SSSR count). The lowest BCUT2D eigenvalue weighted by molar-refractivity contribution is 0.146. The van der Waals surface area contributed by atoms with Crippen molar-refractivity contribution in [2.75, 3.05) is 19.6 Å². The lowest BCUT2D eigenvalue weighted by Crippen LogP contribution is -2.30. The Morgan fingerprint density at radius 2 is 2.15 bits per heavy atom. The molecule has 110 valence electrons. The summed E-state index contributed by atoms with van der Waals surface area (Å²) < 4.78 is 5.51. The summed E-state index contributed by atoms with van der Waals surface area (Å²) in [6.07, 6.45) is -0.260. The Kier molecular flexibility index (Phi) is 5.29. The molecule has 0 saturated carbocycles. The number of aliphatic hydroxyl groups excluding tert-OH is 1. The molecular formula is C14H18Cl2N2O2. The number of hydrogen-bond donors (Lipinski definition) is 3. The predicted octanol–water partition coefficient (Wildman–Crippen LogP) is 2.18. The Morgan fingerprint density at radius 3 is 2.90 bits per heavy atom. The highest BCUT2D eigenvalue weighted by atomic mass is 35.5. The van der Waals surface area contributed by atoms with E-state index in [2.05, 4.69) is 10.6 Å². The van der Waals surface area contributed by atoms with Gasteiger partial charge in [0, 0.05) is 43.0 Å². The summed E-state index contributed by atoms with van der Waals surface area (Å²) in [5.41, 5.74) is 1.80. The topological polar surface area (TPSA) is 57.4 Å². The van der Waals surface area contributed by atoms with E-state index >= 15 is 0 Å². The van der Waals surface area contributed by atoms with E-state index in [0.29, 0.717) is 18.3 Å². The maximum absolute atomic E-state index is 9.73. The molecule has 2 aromatic rings. The van der Waals surface area contributed by atoms with Crippen LogP contribution in [0.1, 0.15) is 5.56 Å². The van der Waals surface area contributed by atoms with Crippen LogP contribution in [0.15, 0.2) is 28.7 Å². The summed E-state index contributed by atoms with van der Waals surface area (Å²) in [5.74, 6) is 0.261. The maximum Gasteiger partial charge on any atom is 0.199 e. The first-order valence-electron chi connectivity index (χ1n) is 6.51. The molecule has 0 amide bonds. The van der Waals surface area contributed by atoms with Gasteiger partial charge in [0.15, 0.2) is 5.22 Å². The largest absolute Gasteiger partial charge is 0.444 e. The van der Waals surface area contributed by atoms with Crippen molar-refractivity contribution in [1.82, 2.24) is 10.6 Å². The third-order valence-corrected chi connectivity index (χ3v) is 3.97. The first-order chi connectivity index (χ1) is 9.25. The molecule has 1 aromatic carbocycles. The van der Waals surface area contributed by atoms with Crippen LogP contribution in [0.2, 0.25) is 5.22 Å². The minimum atomic E-state index is -0.260. The molecule has 1 fully saturated rings. The lowest BCUT2D eigenvalue weighted by Gasteiger charge is -2.13. The van der Waals surface area contributed by atoms with E-state index in [4.69, 9.17) is 16.0 Å². The maximum atomic E-state index is 9.73. The molecule has 0 bridgehead atoms. The molecule has 20 heavy (non-hydrogen) atoms. The van der Waals surface area contributed by atoms with Gasteiger partial charge in [-0.2, -0.15) is 0 Å². The average Bonchev–Trinajstić information content (AvgIpc) is 2.94. The van der Waals surface area contributed by atoms with Crippen LogP contribution < -0.4 is 10.6 Å². The molecule has 0 spiro atoms. The molecule has 2 unspecified atom stereocenters. The summed E-state index contributed by atoms with van der Waals surface area (Å²) in [6.45, 7) is 2.96. The lowest BCUT2D eigenvalue weighted by atomic mass is 10.1. The predicted molar refractivity (Wildman–Crippen MR) is 82.5 cm³/mol. The van der Waals surface area contributed by atoms with Crippen LogP contribution in [0.4, 0.5) is 0 Å². The molecule has 0 aliphatic carbocycles. The van der Waals surface area contributed by atoms with Gasteiger partial charge < -0.3 is 20.2 Å². The summed E-state index contributed by atoms with van der Waals surface area (Å²) in [7, 11) is 0. The van der Waals surface area contributed by atoms with E-state index in [0.717, 1.165) is 29.6 Å². The Balaban J connectivity index is 0.00000147. The number of hydrogen-bond acceptors (Lipinski definition) is 4. The monoisotopic (exact) mass is 316 g/mol. The highest BCUT2D eigenvalue weighted by molar-refractivity contribution is 6.30. The highest BCUT2D eigenvalue weighted by Crippen LogP contribution is 2.29. The highest BCUT2D eigenvalue weighted by Gasteiger charge is 2.24. The van der Waals surface area contributed by atoms with Crippen molar-refractivity contribution < 1.29 is 9.52 Å². The van der Waals surface area contributed by atoms with Crippen molar-refractivity contribution in [3.8, 4) is 0 Å². The molecular weight excluding hydrogens is 299 g/mol. The van der Waals surface area contributed by atoms with Gasteiger partial charge in [-0.05, 0) is 17.7 Å². The van der Waals surface area contributed by atoms with Gasteiger partial charge in [-0.25, -0.2) is 0 Å². The third-order valence-electron chi connectivity index (χ3n) is 3.66. The summed E-state index contributed by atoms with van der Waals surface area (Å²) in [5, 5.41) is 17.7. The van der Waals surface area contributed by atoms with Crippen LogP contribution in [0, 0.1) is 5.92 Å². The molecule has 1 saturated heterocycles. The zero-order chi connectivity index (χ0) is 13.2. The fraction of sp³-hybridized carbons (Fsp3) is 0.429. The summed E-state index contributed by atoms with van der Waals surface area (Å²) >= 11 is 6.12. The Bertz CT molecular complexity index is 573. The van der Waals surface area contributed by atoms with Crippen LogP contribution in [0.25, 0.3) is 11.0 Å². The van der Waals surface area contributed by atoms with Crippen LogP contribution in [-0.2, 0) is 6.54 Å². The van der Waals surface area contributed by atoms with Crippen LogP contribution in [0.5, 0.6) is 0 Å². The van der Waals surface area contributed by atoms with Crippen LogP contribution in [-0.4, -0.2) is 30.8 Å². The first-order valence-corrected chi connectivity index (χ1v) is 6.89. The summed E-state index contributed by atoms with van der Waals surface area (Å²) in [4.78, 5) is 0. The van der Waals surface area contributed by atoms with Crippen molar-refractivity contribution in [3.63, 3.8) is 0 Å². The molecule has 2 atom stereocenters. The van der Waals surface area contributed by atoms with Crippen molar-refractivity contribution >= 4 is 35.0 Å². The Hall–Kier alpha value is -0.780. The SMILES string of the molecule is Cl.OC1CNCC1CNCc1c(Cl)oc2ccccc12. The van der Waals surface area contributed by atoms with Gasteiger partial charge in [0.25, 0.3) is 0 Å². The van der Waals surface area contributed by atoms with Crippen LogP contribution in [0.3, 0.4) is 0 Å². The molecule has 1 aliphatic heterocycles. The number of furan rings is 1. The number of rotatable bonds is 4. The van der Waals surface area contributed by atoms with Gasteiger partial charge in [-0.15, -0.1) is 12.4 Å². The van der Waals surface area contributed by atoms with Gasteiger partial charge in [-0.1, -0.05) is 18.2 Å². The van der Waals surface area contributed by atoms with Crippen molar-refractivity contribution in [3.05, 3.63) is 35.0 Å². The number of fused-ring (bicyclic) bond motifs is 1. The van der Waals surface area contributed by atoms with Gasteiger partial charge in [0.2, 0.25) is 0 Å². The molecule has 0 radical (unpaired) electrons. The van der Waals surface area contributed by atoms with E-state index in [-0.39, 0.29) is 24.4 Å². The third kappa shape index (κ3) is 3.10. The van der Waals surface area contributed by atoms with Crippen molar-refractivity contribution in [2.45, 2.75) is 12.6 Å². The molecule has 1 aromatic heterocycles. The number of benzene rings is 1. The van der Waals surface area contributed by atoms with Gasteiger partial charge in [0.1, 0.15) is 5.58 Å². The fourth-order valence-corrected chi connectivity index (χ4v) is 2.80. The zero-order valence-electron chi connectivity index (χ0n) is 10.9. The minimum Gasteiger partial charge on any atom is -0.444 e. The smallest absolute Gasteiger partial charge is 0.199 e. The molecule has 1 aliphatic rings.